The number of carbonyl (C=O) groups excluding carboxylic acids is 1. The number of benzene rings is 2. The van der Waals surface area contributed by atoms with Crippen LogP contribution in [0.2, 0.25) is 0 Å². The predicted molar refractivity (Wildman–Crippen MR) is 106 cm³/mol. The van der Waals surface area contributed by atoms with Crippen molar-refractivity contribution in [1.82, 2.24) is 15.1 Å². The molecule has 0 saturated carbocycles. The van der Waals surface area contributed by atoms with Crippen LogP contribution in [0.4, 0.5) is 0 Å². The first kappa shape index (κ1) is 18.6. The van der Waals surface area contributed by atoms with Crippen LogP contribution < -0.4 is 4.74 Å². The smallest absolute Gasteiger partial charge is 0.306 e. The van der Waals surface area contributed by atoms with E-state index in [1.165, 1.54) is 0 Å². The van der Waals surface area contributed by atoms with Gasteiger partial charge in [-0.15, -0.1) is 0 Å². The highest BCUT2D eigenvalue weighted by molar-refractivity contribution is 5.78. The van der Waals surface area contributed by atoms with Gasteiger partial charge < -0.3 is 14.0 Å². The molecule has 0 bridgehead atoms. The number of fused-ring (bicyclic) bond motifs is 1. The number of methoxy groups -OCH3 is 1. The van der Waals surface area contributed by atoms with Crippen LogP contribution in [0.3, 0.4) is 0 Å². The molecule has 0 unspecified atom stereocenters. The van der Waals surface area contributed by atoms with Crippen molar-refractivity contribution in [2.24, 2.45) is 0 Å². The minimum absolute atomic E-state index is 0.0381. The largest absolute Gasteiger partial charge is 0.497 e. The average molecular weight is 389 g/mol. The van der Waals surface area contributed by atoms with Crippen LogP contribution >= 0.6 is 0 Å². The normalized spacial score (nSPS) is 10.8. The number of aryl methyl sites for hydroxylation is 1. The number of aromatic nitrogens is 3. The Morgan fingerprint density at radius 3 is 2.66 bits per heavy atom. The number of hydrogen-bond donors (Lipinski definition) is 0. The summed E-state index contributed by atoms with van der Waals surface area (Å²) in [6.07, 6.45) is 0.738. The molecule has 0 N–H and O–H groups in total. The molecule has 0 saturated heterocycles. The highest BCUT2D eigenvalue weighted by Gasteiger charge is 2.12. The molecule has 0 aliphatic heterocycles. The first-order valence-corrected chi connectivity index (χ1v) is 9.18. The zero-order valence-corrected chi connectivity index (χ0v) is 15.9. The van der Waals surface area contributed by atoms with Crippen molar-refractivity contribution in [2.75, 3.05) is 7.11 Å². The van der Waals surface area contributed by atoms with E-state index in [4.69, 9.17) is 14.0 Å². The number of nitrogens with zero attached hydrogens (tertiary/aromatic N) is 3. The summed E-state index contributed by atoms with van der Waals surface area (Å²) in [4.78, 5) is 20.9. The summed E-state index contributed by atoms with van der Waals surface area (Å²) in [6.45, 7) is -0.0381. The SMILES string of the molecule is COc1ccc(-c2nc(COC(=O)CCc3ccc4ccccc4n3)no2)cc1. The van der Waals surface area contributed by atoms with Gasteiger partial charge in [-0.25, -0.2) is 0 Å². The van der Waals surface area contributed by atoms with Crippen molar-refractivity contribution in [1.29, 1.82) is 0 Å². The van der Waals surface area contributed by atoms with Gasteiger partial charge in [-0.05, 0) is 36.4 Å². The van der Waals surface area contributed by atoms with Gasteiger partial charge in [-0.3, -0.25) is 9.78 Å². The molecule has 0 amide bonds. The Morgan fingerprint density at radius 1 is 1.00 bits per heavy atom. The molecule has 0 atom stereocenters. The summed E-state index contributed by atoms with van der Waals surface area (Å²) >= 11 is 0. The molecule has 7 heteroatoms. The Kier molecular flexibility index (Phi) is 5.47. The van der Waals surface area contributed by atoms with Crippen molar-refractivity contribution in [3.8, 4) is 17.2 Å². The topological polar surface area (TPSA) is 87.3 Å². The molecular formula is C22H19N3O4. The maximum atomic E-state index is 12.1. The highest BCUT2D eigenvalue weighted by Crippen LogP contribution is 2.21. The van der Waals surface area contributed by atoms with Gasteiger partial charge in [0, 0.05) is 23.1 Å². The summed E-state index contributed by atoms with van der Waals surface area (Å²) in [6, 6.07) is 19.0. The molecule has 4 rings (SSSR count). The lowest BCUT2D eigenvalue weighted by molar-refractivity contribution is -0.145. The van der Waals surface area contributed by atoms with E-state index in [1.807, 2.05) is 48.5 Å². The van der Waals surface area contributed by atoms with E-state index in [9.17, 15) is 4.79 Å². The van der Waals surface area contributed by atoms with E-state index < -0.39 is 0 Å². The van der Waals surface area contributed by atoms with E-state index in [0.29, 0.717) is 18.1 Å². The van der Waals surface area contributed by atoms with Gasteiger partial charge in [0.15, 0.2) is 6.61 Å². The summed E-state index contributed by atoms with van der Waals surface area (Å²) in [7, 11) is 1.60. The zero-order valence-electron chi connectivity index (χ0n) is 15.9. The first-order chi connectivity index (χ1) is 14.2. The summed E-state index contributed by atoms with van der Waals surface area (Å²) in [5, 5.41) is 4.93. The van der Waals surface area contributed by atoms with Gasteiger partial charge in [0.1, 0.15) is 5.75 Å². The Morgan fingerprint density at radius 2 is 1.83 bits per heavy atom. The van der Waals surface area contributed by atoms with E-state index in [1.54, 1.807) is 19.2 Å². The van der Waals surface area contributed by atoms with Crippen LogP contribution in [0.5, 0.6) is 5.75 Å². The minimum Gasteiger partial charge on any atom is -0.497 e. The standard InChI is InChI=1S/C22H19N3O4/c1-27-18-11-7-16(8-12-18)22-24-20(25-29-22)14-28-21(26)13-10-17-9-6-15-4-2-3-5-19(15)23-17/h2-9,11-12H,10,13-14H2,1H3. The molecule has 2 aromatic heterocycles. The van der Waals surface area contributed by atoms with Crippen LogP contribution in [-0.4, -0.2) is 28.2 Å². The number of pyridine rings is 1. The van der Waals surface area contributed by atoms with Gasteiger partial charge in [-0.2, -0.15) is 4.98 Å². The zero-order chi connectivity index (χ0) is 20.1. The molecule has 0 fully saturated rings. The Bertz CT molecular complexity index is 1120. The van der Waals surface area contributed by atoms with E-state index in [0.717, 1.165) is 27.9 Å². The predicted octanol–water partition coefficient (Wildman–Crippen LogP) is 3.97. The van der Waals surface area contributed by atoms with E-state index >= 15 is 0 Å². The fourth-order valence-electron chi connectivity index (χ4n) is 2.86. The fourth-order valence-corrected chi connectivity index (χ4v) is 2.86. The van der Waals surface area contributed by atoms with E-state index in [2.05, 4.69) is 15.1 Å². The number of hydrogen-bond acceptors (Lipinski definition) is 7. The number of carbonyl (C=O) groups is 1. The first-order valence-electron chi connectivity index (χ1n) is 9.18. The van der Waals surface area contributed by atoms with Crippen molar-refractivity contribution in [3.63, 3.8) is 0 Å². The molecule has 146 valence electrons. The van der Waals surface area contributed by atoms with Crippen LogP contribution in [0.25, 0.3) is 22.4 Å². The molecule has 7 nitrogen and oxygen atoms in total. The summed E-state index contributed by atoms with van der Waals surface area (Å²) in [5.41, 5.74) is 2.52. The van der Waals surface area contributed by atoms with Gasteiger partial charge in [0.05, 0.1) is 19.0 Å². The lowest BCUT2D eigenvalue weighted by Crippen LogP contribution is -2.07. The van der Waals surface area contributed by atoms with Crippen LogP contribution in [-0.2, 0) is 22.6 Å². The Labute approximate surface area is 167 Å². The van der Waals surface area contributed by atoms with E-state index in [-0.39, 0.29) is 19.0 Å². The number of ether oxygens (including phenoxy) is 2. The molecule has 0 radical (unpaired) electrons. The van der Waals surface area contributed by atoms with Crippen LogP contribution in [0, 0.1) is 0 Å². The Hall–Kier alpha value is -3.74. The molecule has 2 heterocycles. The molecule has 29 heavy (non-hydrogen) atoms. The number of para-hydroxylation sites is 1. The summed E-state index contributed by atoms with van der Waals surface area (Å²) in [5.74, 6) is 1.08. The maximum absolute atomic E-state index is 12.1. The lowest BCUT2D eigenvalue weighted by atomic mass is 10.1. The molecule has 0 aliphatic carbocycles. The number of rotatable bonds is 7. The molecular weight excluding hydrogens is 370 g/mol. The third-order valence-electron chi connectivity index (χ3n) is 4.41. The third kappa shape index (κ3) is 4.57. The summed E-state index contributed by atoms with van der Waals surface area (Å²) < 4.78 is 15.6. The van der Waals surface area contributed by atoms with Gasteiger partial charge >= 0.3 is 5.97 Å². The monoisotopic (exact) mass is 389 g/mol. The van der Waals surface area contributed by atoms with Gasteiger partial charge in [0.2, 0.25) is 5.82 Å². The van der Waals surface area contributed by atoms with Crippen LogP contribution in [0.15, 0.2) is 65.2 Å². The quantitative estimate of drug-likeness (QED) is 0.442. The van der Waals surface area contributed by atoms with Crippen LogP contribution in [0.1, 0.15) is 17.9 Å². The molecule has 2 aromatic carbocycles. The Balaban J connectivity index is 1.29. The van der Waals surface area contributed by atoms with Crippen molar-refractivity contribution in [2.45, 2.75) is 19.4 Å². The molecule has 0 aliphatic rings. The van der Waals surface area contributed by atoms with Crippen molar-refractivity contribution < 1.29 is 18.8 Å². The fraction of sp³-hybridized carbons (Fsp3) is 0.182. The average Bonchev–Trinajstić information content (AvgIpc) is 3.25. The maximum Gasteiger partial charge on any atom is 0.306 e. The van der Waals surface area contributed by atoms with Crippen molar-refractivity contribution >= 4 is 16.9 Å². The molecule has 0 spiro atoms. The minimum atomic E-state index is -0.337. The highest BCUT2D eigenvalue weighted by atomic mass is 16.5. The number of esters is 1. The van der Waals surface area contributed by atoms with Crippen molar-refractivity contribution in [3.05, 3.63) is 72.2 Å². The molecule has 4 aromatic rings. The second-order valence-corrected chi connectivity index (χ2v) is 6.40. The second-order valence-electron chi connectivity index (χ2n) is 6.40. The third-order valence-corrected chi connectivity index (χ3v) is 4.41. The lowest BCUT2D eigenvalue weighted by Gasteiger charge is -2.03. The second kappa shape index (κ2) is 8.52. The van der Waals surface area contributed by atoms with Gasteiger partial charge in [-0.1, -0.05) is 29.4 Å². The van der Waals surface area contributed by atoms with Gasteiger partial charge in [0.25, 0.3) is 5.89 Å².